The predicted octanol–water partition coefficient (Wildman–Crippen LogP) is 1.06. The van der Waals surface area contributed by atoms with Gasteiger partial charge in [0.05, 0.1) is 5.56 Å². The van der Waals surface area contributed by atoms with Crippen LogP contribution in [-0.4, -0.2) is 53.4 Å². The van der Waals surface area contributed by atoms with Crippen LogP contribution in [0.3, 0.4) is 0 Å². The van der Waals surface area contributed by atoms with E-state index in [1.807, 2.05) is 33.5 Å². The minimum absolute atomic E-state index is 0.0221. The summed E-state index contributed by atoms with van der Waals surface area (Å²) in [4.78, 5) is 18.7. The Hall–Kier alpha value is -3.23. The van der Waals surface area contributed by atoms with E-state index in [2.05, 4.69) is 20.3 Å². The summed E-state index contributed by atoms with van der Waals surface area (Å²) in [7, 11) is 1.97. The highest BCUT2D eigenvalue weighted by molar-refractivity contribution is 5.94. The van der Waals surface area contributed by atoms with Gasteiger partial charge in [0.15, 0.2) is 5.82 Å². The number of nitrogens with zero attached hydrogens (tertiary/aromatic N) is 7. The first-order valence-corrected chi connectivity index (χ1v) is 8.98. The fourth-order valence-electron chi connectivity index (χ4n) is 3.49. The molecule has 3 aromatic heterocycles. The number of nitrogen functional groups attached to an aromatic ring is 1. The van der Waals surface area contributed by atoms with Crippen molar-refractivity contribution >= 4 is 11.7 Å². The smallest absolute Gasteiger partial charge is 0.255 e. The molecule has 140 valence electrons. The van der Waals surface area contributed by atoms with E-state index in [1.165, 1.54) is 6.20 Å². The standard InChI is InChI=1S/C18H22N8O/c1-24-16(12-26-9-3-7-21-26)22-23-17(24)14-4-2-8-25(11-14)18(27)13-5-6-15(19)20-10-13/h3,5-7,9-10,14H,2,4,8,11-12H2,1H3,(H2,19,20). The van der Waals surface area contributed by atoms with Gasteiger partial charge in [0.25, 0.3) is 5.91 Å². The van der Waals surface area contributed by atoms with Gasteiger partial charge in [-0.15, -0.1) is 10.2 Å². The molecule has 0 spiro atoms. The van der Waals surface area contributed by atoms with Crippen LogP contribution in [0.1, 0.15) is 40.8 Å². The number of likely N-dealkylation sites (tertiary alicyclic amines) is 1. The van der Waals surface area contributed by atoms with Crippen LogP contribution in [0.25, 0.3) is 0 Å². The lowest BCUT2D eigenvalue weighted by Crippen LogP contribution is -2.39. The molecular formula is C18H22N8O. The Morgan fingerprint density at radius 3 is 2.96 bits per heavy atom. The quantitative estimate of drug-likeness (QED) is 0.740. The Kier molecular flexibility index (Phi) is 4.57. The summed E-state index contributed by atoms with van der Waals surface area (Å²) in [6.45, 7) is 1.93. The van der Waals surface area contributed by atoms with Crippen molar-refractivity contribution in [2.75, 3.05) is 18.8 Å². The van der Waals surface area contributed by atoms with Crippen LogP contribution in [-0.2, 0) is 13.6 Å². The van der Waals surface area contributed by atoms with Gasteiger partial charge in [-0.05, 0) is 31.0 Å². The molecule has 0 bridgehead atoms. The maximum Gasteiger partial charge on any atom is 0.255 e. The van der Waals surface area contributed by atoms with Crippen LogP contribution in [0.4, 0.5) is 5.82 Å². The van der Waals surface area contributed by atoms with Gasteiger partial charge in [0.1, 0.15) is 18.2 Å². The zero-order valence-electron chi connectivity index (χ0n) is 15.2. The lowest BCUT2D eigenvalue weighted by Gasteiger charge is -2.32. The third-order valence-electron chi connectivity index (χ3n) is 4.97. The Balaban J connectivity index is 1.49. The first-order valence-electron chi connectivity index (χ1n) is 8.98. The molecule has 2 N–H and O–H groups in total. The van der Waals surface area contributed by atoms with Crippen molar-refractivity contribution in [2.24, 2.45) is 7.05 Å². The topological polar surface area (TPSA) is 108 Å². The molecular weight excluding hydrogens is 344 g/mol. The number of piperidine rings is 1. The second-order valence-electron chi connectivity index (χ2n) is 6.80. The summed E-state index contributed by atoms with van der Waals surface area (Å²) < 4.78 is 3.84. The van der Waals surface area contributed by atoms with Gasteiger partial charge in [0.2, 0.25) is 0 Å². The molecule has 1 saturated heterocycles. The van der Waals surface area contributed by atoms with E-state index >= 15 is 0 Å². The minimum Gasteiger partial charge on any atom is -0.384 e. The SMILES string of the molecule is Cn1c(Cn2cccn2)nnc1C1CCCN(C(=O)c2ccc(N)nc2)C1. The van der Waals surface area contributed by atoms with Gasteiger partial charge in [-0.2, -0.15) is 5.10 Å². The summed E-state index contributed by atoms with van der Waals surface area (Å²) in [6, 6.07) is 5.26. The van der Waals surface area contributed by atoms with Crippen LogP contribution < -0.4 is 5.73 Å². The summed E-state index contributed by atoms with van der Waals surface area (Å²) in [5.74, 6) is 2.30. The molecule has 3 aromatic rings. The van der Waals surface area contributed by atoms with Crippen molar-refractivity contribution < 1.29 is 4.79 Å². The normalized spacial score (nSPS) is 17.2. The molecule has 1 aliphatic rings. The number of pyridine rings is 1. The molecule has 1 unspecified atom stereocenters. The molecule has 1 amide bonds. The maximum atomic E-state index is 12.8. The van der Waals surface area contributed by atoms with Crippen molar-refractivity contribution in [2.45, 2.75) is 25.3 Å². The van der Waals surface area contributed by atoms with Crippen molar-refractivity contribution in [1.82, 2.24) is 34.4 Å². The molecule has 27 heavy (non-hydrogen) atoms. The first kappa shape index (κ1) is 17.2. The predicted molar refractivity (Wildman–Crippen MR) is 98.9 cm³/mol. The lowest BCUT2D eigenvalue weighted by molar-refractivity contribution is 0.0703. The number of amides is 1. The Labute approximate surface area is 156 Å². The fourth-order valence-corrected chi connectivity index (χ4v) is 3.49. The Bertz CT molecular complexity index is 916. The van der Waals surface area contributed by atoms with Gasteiger partial charge >= 0.3 is 0 Å². The summed E-state index contributed by atoms with van der Waals surface area (Å²) >= 11 is 0. The van der Waals surface area contributed by atoms with Gasteiger partial charge < -0.3 is 15.2 Å². The number of carbonyl (C=O) groups is 1. The zero-order valence-corrected chi connectivity index (χ0v) is 15.2. The van der Waals surface area contributed by atoms with Crippen molar-refractivity contribution in [3.8, 4) is 0 Å². The van der Waals surface area contributed by atoms with E-state index < -0.39 is 0 Å². The Morgan fingerprint density at radius 1 is 1.33 bits per heavy atom. The van der Waals surface area contributed by atoms with Crippen LogP contribution in [0.5, 0.6) is 0 Å². The number of hydrogen-bond donors (Lipinski definition) is 1. The van der Waals surface area contributed by atoms with E-state index in [1.54, 1.807) is 18.3 Å². The van der Waals surface area contributed by atoms with Crippen LogP contribution in [0, 0.1) is 0 Å². The summed E-state index contributed by atoms with van der Waals surface area (Å²) in [5.41, 5.74) is 6.17. The van der Waals surface area contributed by atoms with Gasteiger partial charge in [-0.25, -0.2) is 4.98 Å². The highest BCUT2D eigenvalue weighted by atomic mass is 16.2. The average Bonchev–Trinajstić information content (AvgIpc) is 3.33. The molecule has 1 fully saturated rings. The number of anilines is 1. The fraction of sp³-hybridized carbons (Fsp3) is 0.389. The average molecular weight is 366 g/mol. The first-order chi connectivity index (χ1) is 13.1. The van der Waals surface area contributed by atoms with Crippen molar-refractivity contribution in [1.29, 1.82) is 0 Å². The van der Waals surface area contributed by atoms with E-state index in [9.17, 15) is 4.79 Å². The molecule has 0 saturated carbocycles. The molecule has 0 radical (unpaired) electrons. The molecule has 0 aromatic carbocycles. The second kappa shape index (κ2) is 7.18. The van der Waals surface area contributed by atoms with Crippen molar-refractivity contribution in [3.63, 3.8) is 0 Å². The zero-order chi connectivity index (χ0) is 18.8. The van der Waals surface area contributed by atoms with Gasteiger partial charge in [-0.1, -0.05) is 0 Å². The maximum absolute atomic E-state index is 12.8. The summed E-state index contributed by atoms with van der Waals surface area (Å²) in [5, 5.41) is 12.9. The lowest BCUT2D eigenvalue weighted by atomic mass is 9.96. The number of nitrogens with two attached hydrogens (primary N) is 1. The van der Waals surface area contributed by atoms with E-state index in [0.717, 1.165) is 31.0 Å². The highest BCUT2D eigenvalue weighted by Gasteiger charge is 2.29. The molecule has 1 aliphatic heterocycles. The highest BCUT2D eigenvalue weighted by Crippen LogP contribution is 2.26. The largest absolute Gasteiger partial charge is 0.384 e. The molecule has 4 heterocycles. The minimum atomic E-state index is -0.0221. The van der Waals surface area contributed by atoms with Gasteiger partial charge in [0, 0.05) is 44.6 Å². The summed E-state index contributed by atoms with van der Waals surface area (Å²) in [6.07, 6.45) is 7.09. The second-order valence-corrected chi connectivity index (χ2v) is 6.80. The number of hydrogen-bond acceptors (Lipinski definition) is 6. The third kappa shape index (κ3) is 3.53. The van der Waals surface area contributed by atoms with E-state index in [0.29, 0.717) is 24.5 Å². The number of aromatic nitrogens is 6. The van der Waals surface area contributed by atoms with Crippen LogP contribution in [0.15, 0.2) is 36.8 Å². The molecule has 1 atom stereocenters. The van der Waals surface area contributed by atoms with Crippen molar-refractivity contribution in [3.05, 3.63) is 54.0 Å². The van der Waals surface area contributed by atoms with Crippen LogP contribution in [0.2, 0.25) is 0 Å². The molecule has 9 nitrogen and oxygen atoms in total. The number of carbonyl (C=O) groups excluding carboxylic acids is 1. The molecule has 0 aliphatic carbocycles. The molecule has 9 heteroatoms. The van der Waals surface area contributed by atoms with E-state index in [4.69, 9.17) is 5.73 Å². The number of rotatable bonds is 4. The Morgan fingerprint density at radius 2 is 2.22 bits per heavy atom. The van der Waals surface area contributed by atoms with E-state index in [-0.39, 0.29) is 11.8 Å². The third-order valence-corrected chi connectivity index (χ3v) is 4.97. The van der Waals surface area contributed by atoms with Gasteiger partial charge in [-0.3, -0.25) is 9.48 Å². The van der Waals surface area contributed by atoms with Crippen LogP contribution >= 0.6 is 0 Å². The molecule has 4 rings (SSSR count). The monoisotopic (exact) mass is 366 g/mol.